The van der Waals surface area contributed by atoms with E-state index in [0.717, 1.165) is 19.3 Å². The summed E-state index contributed by atoms with van der Waals surface area (Å²) < 4.78 is 11.2. The minimum Gasteiger partial charge on any atom is -0.493 e. The molecule has 0 saturated carbocycles. The first kappa shape index (κ1) is 14.9. The van der Waals surface area contributed by atoms with Crippen molar-refractivity contribution in [2.24, 2.45) is 0 Å². The van der Waals surface area contributed by atoms with Gasteiger partial charge in [0.1, 0.15) is 0 Å². The van der Waals surface area contributed by atoms with E-state index in [4.69, 9.17) is 9.47 Å². The third-order valence-electron chi connectivity index (χ3n) is 3.73. The summed E-state index contributed by atoms with van der Waals surface area (Å²) >= 11 is 0. The monoisotopic (exact) mass is 277 g/mol. The Labute approximate surface area is 120 Å². The van der Waals surface area contributed by atoms with Gasteiger partial charge in [-0.25, -0.2) is 0 Å². The van der Waals surface area contributed by atoms with Crippen LogP contribution < -0.4 is 9.47 Å². The fraction of sp³-hybridized carbons (Fsp3) is 0.562. The van der Waals surface area contributed by atoms with Crippen molar-refractivity contribution in [1.29, 1.82) is 0 Å². The standard InChI is InChI=1S/C16H23NO3/c1-13(8-11-17-9-3-4-10-17)20-16-14(12-18)6-5-7-15(16)19-2/h5-7,12-13H,3-4,8-11H2,1-2H3. The number of hydrogen-bond donors (Lipinski definition) is 0. The number of benzene rings is 1. The van der Waals surface area contributed by atoms with Gasteiger partial charge in [0.25, 0.3) is 0 Å². The van der Waals surface area contributed by atoms with Crippen molar-refractivity contribution < 1.29 is 14.3 Å². The summed E-state index contributed by atoms with van der Waals surface area (Å²) in [4.78, 5) is 13.6. The quantitative estimate of drug-likeness (QED) is 0.718. The lowest BCUT2D eigenvalue weighted by molar-refractivity contribution is 0.111. The Morgan fingerprint density at radius 3 is 2.75 bits per heavy atom. The molecular formula is C16H23NO3. The van der Waals surface area contributed by atoms with Crippen LogP contribution in [0.15, 0.2) is 18.2 Å². The van der Waals surface area contributed by atoms with E-state index in [1.54, 1.807) is 19.2 Å². The molecule has 1 aromatic carbocycles. The van der Waals surface area contributed by atoms with E-state index in [9.17, 15) is 4.79 Å². The summed E-state index contributed by atoms with van der Waals surface area (Å²) in [5, 5.41) is 0. The summed E-state index contributed by atoms with van der Waals surface area (Å²) in [6.07, 6.45) is 4.43. The number of aldehydes is 1. The Kier molecular flexibility index (Phi) is 5.41. The Hall–Kier alpha value is -1.55. The second-order valence-electron chi connectivity index (χ2n) is 5.26. The first-order valence-corrected chi connectivity index (χ1v) is 7.25. The van der Waals surface area contributed by atoms with Gasteiger partial charge in [-0.1, -0.05) is 6.07 Å². The van der Waals surface area contributed by atoms with Gasteiger partial charge in [-0.3, -0.25) is 4.79 Å². The van der Waals surface area contributed by atoms with E-state index in [1.807, 2.05) is 13.0 Å². The molecule has 1 aliphatic rings. The van der Waals surface area contributed by atoms with Gasteiger partial charge in [0, 0.05) is 6.54 Å². The zero-order valence-electron chi connectivity index (χ0n) is 12.3. The van der Waals surface area contributed by atoms with Gasteiger partial charge < -0.3 is 14.4 Å². The first-order chi connectivity index (χ1) is 9.74. The maximum absolute atomic E-state index is 11.1. The van der Waals surface area contributed by atoms with Gasteiger partial charge in [0.05, 0.1) is 18.8 Å². The lowest BCUT2D eigenvalue weighted by atomic mass is 10.2. The summed E-state index contributed by atoms with van der Waals surface area (Å²) in [6.45, 7) is 5.48. The van der Waals surface area contributed by atoms with E-state index in [-0.39, 0.29) is 6.10 Å². The molecule has 1 saturated heterocycles. The fourth-order valence-electron chi connectivity index (χ4n) is 2.54. The number of ether oxygens (including phenoxy) is 2. The van der Waals surface area contributed by atoms with E-state index >= 15 is 0 Å². The molecule has 4 nitrogen and oxygen atoms in total. The number of carbonyl (C=O) groups is 1. The van der Waals surface area contributed by atoms with Gasteiger partial charge in [0.15, 0.2) is 17.8 Å². The van der Waals surface area contributed by atoms with Crippen molar-refractivity contribution in [3.63, 3.8) is 0 Å². The molecule has 0 N–H and O–H groups in total. The summed E-state index contributed by atoms with van der Waals surface area (Å²) in [5.74, 6) is 1.17. The van der Waals surface area contributed by atoms with E-state index in [2.05, 4.69) is 4.90 Å². The third-order valence-corrected chi connectivity index (χ3v) is 3.73. The highest BCUT2D eigenvalue weighted by atomic mass is 16.5. The fourth-order valence-corrected chi connectivity index (χ4v) is 2.54. The second kappa shape index (κ2) is 7.29. The zero-order valence-corrected chi connectivity index (χ0v) is 12.3. The van der Waals surface area contributed by atoms with Crippen LogP contribution in [-0.4, -0.2) is 44.0 Å². The Morgan fingerprint density at radius 1 is 1.35 bits per heavy atom. The number of nitrogens with zero attached hydrogens (tertiary/aromatic N) is 1. The van der Waals surface area contributed by atoms with Crippen LogP contribution in [0, 0.1) is 0 Å². The molecule has 0 amide bonds. The third kappa shape index (κ3) is 3.73. The van der Waals surface area contributed by atoms with Gasteiger partial charge in [-0.05, 0) is 51.4 Å². The van der Waals surface area contributed by atoms with Gasteiger partial charge in [0.2, 0.25) is 0 Å². The van der Waals surface area contributed by atoms with Crippen LogP contribution in [-0.2, 0) is 0 Å². The van der Waals surface area contributed by atoms with Crippen LogP contribution in [0.1, 0.15) is 36.5 Å². The predicted molar refractivity (Wildman–Crippen MR) is 78.8 cm³/mol. The van der Waals surface area contributed by atoms with Crippen LogP contribution in [0.25, 0.3) is 0 Å². The number of carbonyl (C=O) groups excluding carboxylic acids is 1. The lowest BCUT2D eigenvalue weighted by Crippen LogP contribution is -2.25. The van der Waals surface area contributed by atoms with Crippen LogP contribution in [0.2, 0.25) is 0 Å². The Morgan fingerprint density at radius 2 is 2.10 bits per heavy atom. The van der Waals surface area contributed by atoms with Gasteiger partial charge >= 0.3 is 0 Å². The zero-order chi connectivity index (χ0) is 14.4. The Balaban J connectivity index is 1.95. The van der Waals surface area contributed by atoms with E-state index < -0.39 is 0 Å². The molecule has 0 bridgehead atoms. The Bertz CT molecular complexity index is 441. The molecule has 2 rings (SSSR count). The second-order valence-corrected chi connectivity index (χ2v) is 5.26. The molecule has 0 spiro atoms. The van der Waals surface area contributed by atoms with Crippen molar-refractivity contribution in [2.75, 3.05) is 26.7 Å². The molecule has 0 aromatic heterocycles. The molecule has 1 aromatic rings. The van der Waals surface area contributed by atoms with Crippen LogP contribution in [0.5, 0.6) is 11.5 Å². The van der Waals surface area contributed by atoms with Crippen molar-refractivity contribution >= 4 is 6.29 Å². The van der Waals surface area contributed by atoms with Crippen molar-refractivity contribution in [2.45, 2.75) is 32.3 Å². The molecule has 1 atom stereocenters. The highest BCUT2D eigenvalue weighted by molar-refractivity contribution is 5.81. The molecule has 1 unspecified atom stereocenters. The van der Waals surface area contributed by atoms with Crippen molar-refractivity contribution in [3.05, 3.63) is 23.8 Å². The number of hydrogen-bond acceptors (Lipinski definition) is 4. The molecule has 0 radical (unpaired) electrons. The maximum atomic E-state index is 11.1. The number of rotatable bonds is 7. The van der Waals surface area contributed by atoms with E-state index in [0.29, 0.717) is 17.1 Å². The normalized spacial score (nSPS) is 16.9. The molecule has 4 heteroatoms. The highest BCUT2D eigenvalue weighted by Gasteiger charge is 2.16. The number of likely N-dealkylation sites (tertiary alicyclic amines) is 1. The summed E-state index contributed by atoms with van der Waals surface area (Å²) in [7, 11) is 1.59. The van der Waals surface area contributed by atoms with Gasteiger partial charge in [-0.2, -0.15) is 0 Å². The smallest absolute Gasteiger partial charge is 0.172 e. The molecule has 1 fully saturated rings. The van der Waals surface area contributed by atoms with E-state index in [1.165, 1.54) is 25.9 Å². The minimum absolute atomic E-state index is 0.0607. The summed E-state index contributed by atoms with van der Waals surface area (Å²) in [6, 6.07) is 5.36. The largest absolute Gasteiger partial charge is 0.493 e. The highest BCUT2D eigenvalue weighted by Crippen LogP contribution is 2.31. The SMILES string of the molecule is COc1cccc(C=O)c1OC(C)CCN1CCCC1. The molecule has 110 valence electrons. The lowest BCUT2D eigenvalue weighted by Gasteiger charge is -2.21. The maximum Gasteiger partial charge on any atom is 0.172 e. The van der Waals surface area contributed by atoms with Crippen molar-refractivity contribution in [3.8, 4) is 11.5 Å². The molecule has 20 heavy (non-hydrogen) atoms. The summed E-state index contributed by atoms with van der Waals surface area (Å²) in [5.41, 5.74) is 0.539. The van der Waals surface area contributed by atoms with Crippen LogP contribution >= 0.6 is 0 Å². The number of para-hydroxylation sites is 1. The minimum atomic E-state index is 0.0607. The number of methoxy groups -OCH3 is 1. The predicted octanol–water partition coefficient (Wildman–Crippen LogP) is 2.76. The molecule has 0 aliphatic carbocycles. The molecule has 1 heterocycles. The first-order valence-electron chi connectivity index (χ1n) is 7.25. The molecular weight excluding hydrogens is 254 g/mol. The topological polar surface area (TPSA) is 38.8 Å². The molecule has 1 aliphatic heterocycles. The average molecular weight is 277 g/mol. The average Bonchev–Trinajstić information content (AvgIpc) is 2.98. The van der Waals surface area contributed by atoms with Gasteiger partial charge in [-0.15, -0.1) is 0 Å². The van der Waals surface area contributed by atoms with Crippen LogP contribution in [0.4, 0.5) is 0 Å². The van der Waals surface area contributed by atoms with Crippen molar-refractivity contribution in [1.82, 2.24) is 4.90 Å². The van der Waals surface area contributed by atoms with Crippen LogP contribution in [0.3, 0.4) is 0 Å².